The van der Waals surface area contributed by atoms with Crippen molar-refractivity contribution in [2.75, 3.05) is 6.79 Å². The Kier molecular flexibility index (Phi) is 7.96. The van der Waals surface area contributed by atoms with Gasteiger partial charge in [-0.15, -0.1) is 0 Å². The Morgan fingerprint density at radius 1 is 1.24 bits per heavy atom. The summed E-state index contributed by atoms with van der Waals surface area (Å²) < 4.78 is 10.6. The van der Waals surface area contributed by atoms with Crippen molar-refractivity contribution in [3.63, 3.8) is 0 Å². The standard InChI is InChI=1S/C24H36O5/c1-3-4-5-8-19(26)10-11-20-21-12-17-7-6-9-24(29-15-28-16(2)25)22(17)13-18(21)14-23(20)27/h6-7,9,18-21,23,26-27H,3-5,8,10-15H2,1-2H3. The highest BCUT2D eigenvalue weighted by Gasteiger charge is 2.44. The number of unbranched alkanes of at least 4 members (excludes halogenated alkanes) is 2. The first-order chi connectivity index (χ1) is 14.0. The lowest BCUT2D eigenvalue weighted by atomic mass is 9.73. The number of hydrogen-bond acceptors (Lipinski definition) is 5. The second-order valence-corrected chi connectivity index (χ2v) is 8.82. The average Bonchev–Trinajstić information content (AvgIpc) is 2.99. The van der Waals surface area contributed by atoms with Gasteiger partial charge in [0.25, 0.3) is 0 Å². The molecule has 0 saturated heterocycles. The van der Waals surface area contributed by atoms with Crippen LogP contribution in [0.25, 0.3) is 0 Å². The number of aliphatic hydroxyl groups is 2. The Balaban J connectivity index is 1.60. The Morgan fingerprint density at radius 2 is 2.07 bits per heavy atom. The average molecular weight is 405 g/mol. The predicted octanol–water partition coefficient (Wildman–Crippen LogP) is 4.02. The summed E-state index contributed by atoms with van der Waals surface area (Å²) in [4.78, 5) is 11.0. The van der Waals surface area contributed by atoms with Crippen LogP contribution in [0.15, 0.2) is 18.2 Å². The van der Waals surface area contributed by atoms with Crippen molar-refractivity contribution >= 4 is 5.97 Å². The van der Waals surface area contributed by atoms with Crippen LogP contribution in [0.5, 0.6) is 5.75 Å². The van der Waals surface area contributed by atoms with Crippen molar-refractivity contribution in [1.29, 1.82) is 0 Å². The van der Waals surface area contributed by atoms with Gasteiger partial charge in [0.15, 0.2) is 0 Å². The molecule has 1 fully saturated rings. The van der Waals surface area contributed by atoms with Crippen LogP contribution in [0.1, 0.15) is 69.9 Å². The van der Waals surface area contributed by atoms with Gasteiger partial charge in [-0.1, -0.05) is 38.3 Å². The van der Waals surface area contributed by atoms with E-state index in [0.717, 1.165) is 50.7 Å². The minimum absolute atomic E-state index is 0.0684. The summed E-state index contributed by atoms with van der Waals surface area (Å²) in [6, 6.07) is 6.06. The molecule has 162 valence electrons. The number of ether oxygens (including phenoxy) is 2. The number of hydrogen-bond donors (Lipinski definition) is 2. The van der Waals surface area contributed by atoms with Crippen molar-refractivity contribution in [2.45, 2.75) is 83.8 Å². The summed E-state index contributed by atoms with van der Waals surface area (Å²) in [7, 11) is 0. The van der Waals surface area contributed by atoms with Crippen LogP contribution in [-0.2, 0) is 22.4 Å². The Labute approximate surface area is 174 Å². The molecule has 0 bridgehead atoms. The van der Waals surface area contributed by atoms with E-state index in [1.807, 2.05) is 12.1 Å². The summed E-state index contributed by atoms with van der Waals surface area (Å²) in [5.74, 6) is 1.60. The highest BCUT2D eigenvalue weighted by molar-refractivity contribution is 5.65. The molecule has 2 aliphatic rings. The summed E-state index contributed by atoms with van der Waals surface area (Å²) in [6.45, 7) is 3.48. The second-order valence-electron chi connectivity index (χ2n) is 8.82. The predicted molar refractivity (Wildman–Crippen MR) is 112 cm³/mol. The molecule has 5 nitrogen and oxygen atoms in total. The summed E-state index contributed by atoms with van der Waals surface area (Å²) in [6.07, 6.45) is 8.10. The molecular formula is C24H36O5. The van der Waals surface area contributed by atoms with E-state index in [2.05, 4.69) is 13.0 Å². The molecule has 5 heteroatoms. The van der Waals surface area contributed by atoms with Crippen LogP contribution < -0.4 is 4.74 Å². The molecular weight excluding hydrogens is 368 g/mol. The van der Waals surface area contributed by atoms with E-state index in [9.17, 15) is 15.0 Å². The van der Waals surface area contributed by atoms with E-state index in [-0.39, 0.29) is 30.9 Å². The molecule has 0 radical (unpaired) electrons. The summed E-state index contributed by atoms with van der Waals surface area (Å²) >= 11 is 0. The van der Waals surface area contributed by atoms with Crippen LogP contribution in [0.2, 0.25) is 0 Å². The second kappa shape index (κ2) is 10.4. The number of carbonyl (C=O) groups excluding carboxylic acids is 1. The topological polar surface area (TPSA) is 76.0 Å². The van der Waals surface area contributed by atoms with Crippen molar-refractivity contribution in [3.05, 3.63) is 29.3 Å². The Morgan fingerprint density at radius 3 is 2.83 bits per heavy atom. The fourth-order valence-corrected chi connectivity index (χ4v) is 5.27. The van der Waals surface area contributed by atoms with E-state index in [4.69, 9.17) is 9.47 Å². The van der Waals surface area contributed by atoms with Gasteiger partial charge in [-0.25, -0.2) is 0 Å². The quantitative estimate of drug-likeness (QED) is 0.350. The number of carbonyl (C=O) groups is 1. The molecule has 5 atom stereocenters. The lowest BCUT2D eigenvalue weighted by molar-refractivity contribution is -0.147. The van der Waals surface area contributed by atoms with Crippen molar-refractivity contribution in [1.82, 2.24) is 0 Å². The van der Waals surface area contributed by atoms with E-state index < -0.39 is 0 Å². The molecule has 0 amide bonds. The summed E-state index contributed by atoms with van der Waals surface area (Å²) in [5, 5.41) is 21.0. The fraction of sp³-hybridized carbons (Fsp3) is 0.708. The largest absolute Gasteiger partial charge is 0.457 e. The highest BCUT2D eigenvalue weighted by Crippen LogP contribution is 2.48. The third kappa shape index (κ3) is 5.73. The summed E-state index contributed by atoms with van der Waals surface area (Å²) in [5.41, 5.74) is 2.46. The number of aliphatic hydroxyl groups excluding tert-OH is 2. The van der Waals surface area contributed by atoms with Crippen LogP contribution >= 0.6 is 0 Å². The van der Waals surface area contributed by atoms with Gasteiger partial charge >= 0.3 is 5.97 Å². The molecule has 0 aromatic heterocycles. The zero-order chi connectivity index (χ0) is 20.8. The van der Waals surface area contributed by atoms with Crippen LogP contribution in [0.4, 0.5) is 0 Å². The Bertz CT molecular complexity index is 673. The number of esters is 1. The number of fused-ring (bicyclic) bond motifs is 2. The fourth-order valence-electron chi connectivity index (χ4n) is 5.27. The van der Waals surface area contributed by atoms with Crippen molar-refractivity contribution in [3.8, 4) is 5.75 Å². The minimum Gasteiger partial charge on any atom is -0.457 e. The van der Waals surface area contributed by atoms with Gasteiger partial charge in [0, 0.05) is 6.92 Å². The van der Waals surface area contributed by atoms with Crippen LogP contribution in [0.3, 0.4) is 0 Å². The molecule has 2 aliphatic carbocycles. The molecule has 1 aromatic carbocycles. The van der Waals surface area contributed by atoms with Crippen molar-refractivity contribution < 1.29 is 24.5 Å². The first-order valence-corrected chi connectivity index (χ1v) is 11.2. The van der Waals surface area contributed by atoms with E-state index in [0.29, 0.717) is 11.8 Å². The first-order valence-electron chi connectivity index (χ1n) is 11.2. The van der Waals surface area contributed by atoms with Gasteiger partial charge in [-0.05, 0) is 73.5 Å². The SMILES string of the molecule is CCCCCC(O)CCC1C(O)CC2Cc3c(cccc3OCOC(C)=O)CC21. The lowest BCUT2D eigenvalue weighted by Crippen LogP contribution is -2.28. The number of rotatable bonds is 10. The first kappa shape index (κ1) is 22.1. The maximum atomic E-state index is 11.0. The van der Waals surface area contributed by atoms with Gasteiger partial charge in [0.1, 0.15) is 5.75 Å². The third-order valence-corrected chi connectivity index (χ3v) is 6.80. The molecule has 5 unspecified atom stereocenters. The van der Waals surface area contributed by atoms with E-state index in [1.54, 1.807) is 0 Å². The molecule has 2 N–H and O–H groups in total. The minimum atomic E-state index is -0.353. The maximum absolute atomic E-state index is 11.0. The molecule has 0 aliphatic heterocycles. The lowest BCUT2D eigenvalue weighted by Gasteiger charge is -2.32. The molecule has 0 heterocycles. The molecule has 29 heavy (non-hydrogen) atoms. The number of benzene rings is 1. The van der Waals surface area contributed by atoms with Crippen LogP contribution in [0, 0.1) is 17.8 Å². The van der Waals surface area contributed by atoms with Gasteiger partial charge in [0.05, 0.1) is 12.2 Å². The smallest absolute Gasteiger partial charge is 0.305 e. The normalized spacial score (nSPS) is 26.5. The molecule has 3 rings (SSSR count). The zero-order valence-electron chi connectivity index (χ0n) is 17.8. The highest BCUT2D eigenvalue weighted by atomic mass is 16.7. The molecule has 1 saturated carbocycles. The van der Waals surface area contributed by atoms with E-state index >= 15 is 0 Å². The van der Waals surface area contributed by atoms with Gasteiger partial charge < -0.3 is 19.7 Å². The molecule has 1 aromatic rings. The molecule has 0 spiro atoms. The zero-order valence-corrected chi connectivity index (χ0v) is 17.8. The van der Waals surface area contributed by atoms with Crippen LogP contribution in [-0.4, -0.2) is 35.2 Å². The van der Waals surface area contributed by atoms with Crippen molar-refractivity contribution in [2.24, 2.45) is 17.8 Å². The van der Waals surface area contributed by atoms with E-state index in [1.165, 1.54) is 30.9 Å². The van der Waals surface area contributed by atoms with Gasteiger partial charge in [-0.2, -0.15) is 0 Å². The maximum Gasteiger partial charge on any atom is 0.305 e. The van der Waals surface area contributed by atoms with Gasteiger partial charge in [-0.3, -0.25) is 4.79 Å². The Hall–Kier alpha value is -1.59. The van der Waals surface area contributed by atoms with Gasteiger partial charge in [0.2, 0.25) is 6.79 Å². The monoisotopic (exact) mass is 404 g/mol. The third-order valence-electron chi connectivity index (χ3n) is 6.80.